The predicted octanol–water partition coefficient (Wildman–Crippen LogP) is 5.45. The van der Waals surface area contributed by atoms with Gasteiger partial charge in [0.2, 0.25) is 0 Å². The summed E-state index contributed by atoms with van der Waals surface area (Å²) in [5.74, 6) is 0. The number of benzene rings is 3. The number of carbonyl (C=O) groups is 1. The van der Waals surface area contributed by atoms with Crippen molar-refractivity contribution in [1.82, 2.24) is 5.32 Å². The van der Waals surface area contributed by atoms with E-state index in [2.05, 4.69) is 47.9 Å². The van der Waals surface area contributed by atoms with E-state index in [-0.39, 0.29) is 12.1 Å². The Morgan fingerprint density at radius 2 is 1.50 bits per heavy atom. The molecule has 1 aliphatic rings. The highest BCUT2D eigenvalue weighted by Gasteiger charge is 2.29. The lowest BCUT2D eigenvalue weighted by molar-refractivity contribution is 0.250. The minimum Gasteiger partial charge on any atom is -0.327 e. The van der Waals surface area contributed by atoms with E-state index in [1.807, 2.05) is 43.3 Å². The number of urea groups is 1. The Morgan fingerprint density at radius 3 is 2.12 bits per heavy atom. The van der Waals surface area contributed by atoms with Gasteiger partial charge in [-0.05, 0) is 46.7 Å². The third-order valence-corrected chi connectivity index (χ3v) is 5.09. The molecule has 3 aromatic rings. The van der Waals surface area contributed by atoms with Gasteiger partial charge in [-0.1, -0.05) is 73.7 Å². The summed E-state index contributed by atoms with van der Waals surface area (Å²) in [5, 5.41) is 6.24. The van der Waals surface area contributed by atoms with Gasteiger partial charge in [0.25, 0.3) is 0 Å². The lowest BCUT2D eigenvalue weighted by Gasteiger charge is -2.18. The highest BCUT2D eigenvalue weighted by atomic mass is 16.2. The number of anilines is 1. The maximum absolute atomic E-state index is 12.8. The number of fused-ring (bicyclic) bond motifs is 3. The first-order valence-electron chi connectivity index (χ1n) is 9.03. The van der Waals surface area contributed by atoms with Gasteiger partial charge in [-0.15, -0.1) is 0 Å². The van der Waals surface area contributed by atoms with Crippen molar-refractivity contribution in [3.63, 3.8) is 0 Å². The molecule has 0 unspecified atom stereocenters. The molecule has 2 N–H and O–H groups in total. The lowest BCUT2D eigenvalue weighted by Crippen LogP contribution is -2.32. The van der Waals surface area contributed by atoms with Gasteiger partial charge in [0.05, 0.1) is 6.04 Å². The Hall–Kier alpha value is -3.07. The maximum atomic E-state index is 12.8. The number of carbonyl (C=O) groups excluding carboxylic acids is 1. The van der Waals surface area contributed by atoms with Gasteiger partial charge in [-0.25, -0.2) is 4.79 Å². The lowest BCUT2D eigenvalue weighted by atomic mass is 10.1. The average molecular weight is 342 g/mol. The van der Waals surface area contributed by atoms with Crippen LogP contribution >= 0.6 is 0 Å². The summed E-state index contributed by atoms with van der Waals surface area (Å²) < 4.78 is 0. The fraction of sp³-hybridized carbons (Fsp3) is 0.174. The predicted molar refractivity (Wildman–Crippen MR) is 106 cm³/mol. The molecule has 0 aromatic heterocycles. The standard InChI is InChI=1S/C23H22N2O/c1-3-16-10-8-9-15(2)21(16)24-23(26)25-22-19-13-6-4-11-17(19)18-12-5-7-14-20(18)22/h4-14,22H,3H2,1-2H3,(H2,24,25,26). The van der Waals surface area contributed by atoms with Crippen molar-refractivity contribution in [2.24, 2.45) is 0 Å². The van der Waals surface area contributed by atoms with Crippen LogP contribution in [0.4, 0.5) is 10.5 Å². The number of rotatable bonds is 3. The Kier molecular flexibility index (Phi) is 4.21. The molecular weight excluding hydrogens is 320 g/mol. The monoisotopic (exact) mass is 342 g/mol. The molecule has 3 nitrogen and oxygen atoms in total. The van der Waals surface area contributed by atoms with Crippen molar-refractivity contribution >= 4 is 11.7 Å². The van der Waals surface area contributed by atoms with Crippen LogP contribution in [0.25, 0.3) is 11.1 Å². The van der Waals surface area contributed by atoms with Gasteiger partial charge in [-0.3, -0.25) is 0 Å². The molecule has 130 valence electrons. The molecule has 0 fully saturated rings. The smallest absolute Gasteiger partial charge is 0.320 e. The molecule has 4 rings (SSSR count). The second-order valence-electron chi connectivity index (χ2n) is 6.67. The molecule has 0 spiro atoms. The third kappa shape index (κ3) is 2.76. The summed E-state index contributed by atoms with van der Waals surface area (Å²) in [6, 6.07) is 22.3. The molecule has 0 bridgehead atoms. The van der Waals surface area contributed by atoms with Crippen LogP contribution in [-0.2, 0) is 6.42 Å². The van der Waals surface area contributed by atoms with E-state index >= 15 is 0 Å². The molecule has 0 radical (unpaired) electrons. The topological polar surface area (TPSA) is 41.1 Å². The van der Waals surface area contributed by atoms with Crippen molar-refractivity contribution in [3.8, 4) is 11.1 Å². The minimum absolute atomic E-state index is 0.128. The van der Waals surface area contributed by atoms with Gasteiger partial charge >= 0.3 is 6.03 Å². The minimum atomic E-state index is -0.175. The van der Waals surface area contributed by atoms with Gasteiger partial charge in [-0.2, -0.15) is 0 Å². The van der Waals surface area contributed by atoms with Gasteiger partial charge in [0.15, 0.2) is 0 Å². The van der Waals surface area contributed by atoms with Crippen LogP contribution in [-0.4, -0.2) is 6.03 Å². The van der Waals surface area contributed by atoms with E-state index in [0.29, 0.717) is 0 Å². The van der Waals surface area contributed by atoms with Gasteiger partial charge in [0, 0.05) is 5.69 Å². The summed E-state index contributed by atoms with van der Waals surface area (Å²) in [7, 11) is 0. The molecule has 0 heterocycles. The molecule has 3 heteroatoms. The van der Waals surface area contributed by atoms with Crippen molar-refractivity contribution in [1.29, 1.82) is 0 Å². The Morgan fingerprint density at radius 1 is 0.885 bits per heavy atom. The van der Waals surface area contributed by atoms with Crippen LogP contribution in [0.3, 0.4) is 0 Å². The molecule has 0 saturated heterocycles. The molecule has 0 saturated carbocycles. The maximum Gasteiger partial charge on any atom is 0.320 e. The molecule has 2 amide bonds. The normalized spacial score (nSPS) is 12.4. The van der Waals surface area contributed by atoms with E-state index in [4.69, 9.17) is 0 Å². The quantitative estimate of drug-likeness (QED) is 0.653. The summed E-state index contributed by atoms with van der Waals surface area (Å²) in [5.41, 5.74) is 7.80. The Labute approximate surface area is 154 Å². The zero-order chi connectivity index (χ0) is 18.1. The zero-order valence-electron chi connectivity index (χ0n) is 15.0. The number of hydrogen-bond donors (Lipinski definition) is 2. The van der Waals surface area contributed by atoms with Crippen LogP contribution in [0.15, 0.2) is 66.7 Å². The van der Waals surface area contributed by atoms with Crippen molar-refractivity contribution in [2.75, 3.05) is 5.32 Å². The Balaban J connectivity index is 1.63. The van der Waals surface area contributed by atoms with E-state index in [9.17, 15) is 4.79 Å². The first-order valence-corrected chi connectivity index (χ1v) is 9.03. The summed E-state index contributed by atoms with van der Waals surface area (Å²) >= 11 is 0. The second-order valence-corrected chi connectivity index (χ2v) is 6.67. The van der Waals surface area contributed by atoms with Gasteiger partial charge in [0.1, 0.15) is 0 Å². The number of aryl methyl sites for hydroxylation is 2. The van der Waals surface area contributed by atoms with Crippen LogP contribution in [0.2, 0.25) is 0 Å². The second kappa shape index (κ2) is 6.68. The number of hydrogen-bond acceptors (Lipinski definition) is 1. The molecule has 3 aromatic carbocycles. The number of nitrogens with one attached hydrogen (secondary N) is 2. The van der Waals surface area contributed by atoms with Gasteiger partial charge < -0.3 is 10.6 Å². The SMILES string of the molecule is CCc1cccc(C)c1NC(=O)NC1c2ccccc2-c2ccccc21. The first-order chi connectivity index (χ1) is 12.7. The zero-order valence-corrected chi connectivity index (χ0v) is 15.0. The van der Waals surface area contributed by atoms with Crippen LogP contribution in [0, 0.1) is 6.92 Å². The van der Waals surface area contributed by atoms with E-state index in [1.54, 1.807) is 0 Å². The fourth-order valence-corrected chi connectivity index (χ4v) is 3.79. The average Bonchev–Trinajstić information content (AvgIpc) is 2.98. The molecule has 0 aliphatic heterocycles. The Bertz CT molecular complexity index is 932. The van der Waals surface area contributed by atoms with E-state index in [1.165, 1.54) is 11.1 Å². The van der Waals surface area contributed by atoms with E-state index < -0.39 is 0 Å². The van der Waals surface area contributed by atoms with Crippen LogP contribution < -0.4 is 10.6 Å². The summed E-state index contributed by atoms with van der Waals surface area (Å²) in [6.07, 6.45) is 0.881. The molecule has 1 aliphatic carbocycles. The van der Waals surface area contributed by atoms with Crippen molar-refractivity contribution < 1.29 is 4.79 Å². The highest BCUT2D eigenvalue weighted by Crippen LogP contribution is 2.43. The highest BCUT2D eigenvalue weighted by molar-refractivity contribution is 5.92. The summed E-state index contributed by atoms with van der Waals surface area (Å²) in [6.45, 7) is 4.12. The molecule has 26 heavy (non-hydrogen) atoms. The van der Waals surface area contributed by atoms with Crippen LogP contribution in [0.5, 0.6) is 0 Å². The number of amides is 2. The number of para-hydroxylation sites is 1. The first kappa shape index (κ1) is 16.4. The van der Waals surface area contributed by atoms with Crippen molar-refractivity contribution in [2.45, 2.75) is 26.3 Å². The third-order valence-electron chi connectivity index (χ3n) is 5.09. The molecule has 0 atom stereocenters. The fourth-order valence-electron chi connectivity index (χ4n) is 3.79. The summed E-state index contributed by atoms with van der Waals surface area (Å²) in [4.78, 5) is 12.8. The van der Waals surface area contributed by atoms with Crippen molar-refractivity contribution in [3.05, 3.63) is 89.0 Å². The largest absolute Gasteiger partial charge is 0.327 e. The molecular formula is C23H22N2O. The van der Waals surface area contributed by atoms with Crippen LogP contribution in [0.1, 0.15) is 35.2 Å². The van der Waals surface area contributed by atoms with E-state index in [0.717, 1.165) is 34.4 Å².